The van der Waals surface area contributed by atoms with Crippen LogP contribution in [0.4, 0.5) is 0 Å². The molecule has 0 aliphatic carbocycles. The first-order valence-corrected chi connectivity index (χ1v) is 14.0. The van der Waals surface area contributed by atoms with Gasteiger partial charge in [-0.15, -0.1) is 0 Å². The fourth-order valence-electron chi connectivity index (χ4n) is 4.78. The molecule has 1 heterocycles. The van der Waals surface area contributed by atoms with E-state index in [1.54, 1.807) is 0 Å². The first-order chi connectivity index (χ1) is 17.2. The minimum absolute atomic E-state index is 0.389. The molecule has 4 heteroatoms. The van der Waals surface area contributed by atoms with E-state index in [2.05, 4.69) is 139 Å². The fraction of sp³-hybridized carbons (Fsp3) is 0.250. The lowest BCUT2D eigenvalue weighted by molar-refractivity contribution is 0.00578. The Kier molecular flexibility index (Phi) is 6.68. The van der Waals surface area contributed by atoms with Gasteiger partial charge in [-0.3, -0.25) is 0 Å². The second-order valence-electron chi connectivity index (χ2n) is 10.7. The Bertz CT molecular complexity index is 1330. The Morgan fingerprint density at radius 2 is 1.08 bits per heavy atom. The van der Waals surface area contributed by atoms with E-state index in [4.69, 9.17) is 9.31 Å². The highest BCUT2D eigenvalue weighted by molar-refractivity contribution is 7.80. The molecule has 2 nitrogen and oxygen atoms in total. The van der Waals surface area contributed by atoms with Gasteiger partial charge in [-0.2, -0.15) is 0 Å². The van der Waals surface area contributed by atoms with Gasteiger partial charge < -0.3 is 9.31 Å². The van der Waals surface area contributed by atoms with E-state index in [-0.39, 0.29) is 11.2 Å². The van der Waals surface area contributed by atoms with Crippen molar-refractivity contribution in [1.29, 1.82) is 0 Å². The molecule has 1 saturated heterocycles. The molecule has 0 spiro atoms. The predicted octanol–water partition coefficient (Wildman–Crippen LogP) is 6.03. The molecule has 182 valence electrons. The van der Waals surface area contributed by atoms with E-state index in [0.717, 1.165) is 5.46 Å². The number of rotatable bonds is 5. The van der Waals surface area contributed by atoms with E-state index < -0.39 is 15.0 Å². The third-order valence-electron chi connectivity index (χ3n) is 7.42. The molecule has 0 aromatic heterocycles. The van der Waals surface area contributed by atoms with Crippen LogP contribution in [-0.4, -0.2) is 18.3 Å². The zero-order valence-electron chi connectivity index (χ0n) is 22.1. The second-order valence-corrected chi connectivity index (χ2v) is 12.9. The average Bonchev–Trinajstić information content (AvgIpc) is 3.06. The molecule has 4 aromatic carbocycles. The van der Waals surface area contributed by atoms with Crippen LogP contribution >= 0.6 is 7.92 Å². The van der Waals surface area contributed by atoms with Crippen LogP contribution in [0.3, 0.4) is 0 Å². The van der Waals surface area contributed by atoms with E-state index in [1.807, 2.05) is 0 Å². The van der Waals surface area contributed by atoms with Crippen molar-refractivity contribution in [3.8, 4) is 11.1 Å². The number of benzene rings is 4. The van der Waals surface area contributed by atoms with Crippen molar-refractivity contribution < 1.29 is 9.31 Å². The number of aryl methyl sites for hydroxylation is 2. The largest absolute Gasteiger partial charge is 0.495 e. The lowest BCUT2D eigenvalue weighted by Gasteiger charge is -2.32. The quantitative estimate of drug-likeness (QED) is 0.250. The van der Waals surface area contributed by atoms with Gasteiger partial charge in [0.25, 0.3) is 0 Å². The molecule has 1 aliphatic rings. The minimum Gasteiger partial charge on any atom is -0.399 e. The molecular weight excluding hydrogens is 458 g/mol. The summed E-state index contributed by atoms with van der Waals surface area (Å²) in [6, 6.07) is 35.3. The minimum atomic E-state index is -0.767. The Morgan fingerprint density at radius 1 is 0.583 bits per heavy atom. The first kappa shape index (κ1) is 25.0. The van der Waals surface area contributed by atoms with Gasteiger partial charge >= 0.3 is 7.12 Å². The number of hydrogen-bond donors (Lipinski definition) is 0. The predicted molar refractivity (Wildman–Crippen MR) is 156 cm³/mol. The molecule has 0 bridgehead atoms. The third kappa shape index (κ3) is 4.69. The smallest absolute Gasteiger partial charge is 0.399 e. The van der Waals surface area contributed by atoms with Crippen molar-refractivity contribution in [2.45, 2.75) is 52.7 Å². The summed E-state index contributed by atoms with van der Waals surface area (Å²) in [5.41, 5.74) is 5.26. The lowest BCUT2D eigenvalue weighted by atomic mass is 9.74. The summed E-state index contributed by atoms with van der Waals surface area (Å²) in [6.45, 7) is 12.8. The molecule has 5 rings (SSSR count). The molecule has 36 heavy (non-hydrogen) atoms. The zero-order valence-corrected chi connectivity index (χ0v) is 23.0. The van der Waals surface area contributed by atoms with Crippen molar-refractivity contribution in [3.05, 3.63) is 108 Å². The van der Waals surface area contributed by atoms with Crippen LogP contribution in [0, 0.1) is 13.8 Å². The first-order valence-electron chi connectivity index (χ1n) is 12.6. The molecule has 4 aromatic rings. The van der Waals surface area contributed by atoms with Gasteiger partial charge in [-0.05, 0) is 82.0 Å². The summed E-state index contributed by atoms with van der Waals surface area (Å²) in [6.07, 6.45) is 0. The molecule has 0 atom stereocenters. The monoisotopic (exact) mass is 492 g/mol. The molecule has 1 aliphatic heterocycles. The van der Waals surface area contributed by atoms with Crippen LogP contribution in [0.2, 0.25) is 0 Å². The highest BCUT2D eigenvalue weighted by atomic mass is 31.1. The molecule has 0 saturated carbocycles. The SMILES string of the molecule is Cc1cccc(P(c2cccc(C)c2)c2ccccc2-c2ccccc2B2OC(C)(C)C(C)(C)O2)c1. The van der Waals surface area contributed by atoms with Gasteiger partial charge in [-0.1, -0.05) is 108 Å². The van der Waals surface area contributed by atoms with Crippen LogP contribution in [-0.2, 0) is 9.31 Å². The van der Waals surface area contributed by atoms with E-state index in [0.29, 0.717) is 0 Å². The lowest BCUT2D eigenvalue weighted by Crippen LogP contribution is -2.41. The fourth-order valence-corrected chi connectivity index (χ4v) is 7.44. The Morgan fingerprint density at radius 3 is 1.64 bits per heavy atom. The Labute approximate surface area is 217 Å². The summed E-state index contributed by atoms with van der Waals surface area (Å²) in [5.74, 6) is 0. The van der Waals surface area contributed by atoms with Crippen molar-refractivity contribution in [2.24, 2.45) is 0 Å². The normalized spacial score (nSPS) is 16.5. The standard InChI is InChI=1S/C32H34BO2P/c1-23-13-11-15-25(21-23)36(26-16-12-14-24(2)22-26)30-20-10-8-18-28(30)27-17-7-9-19-29(27)33-34-31(3,4)32(5,6)35-33/h7-22H,1-6H3. The van der Waals surface area contributed by atoms with Crippen LogP contribution in [0.25, 0.3) is 11.1 Å². The summed E-state index contributed by atoms with van der Waals surface area (Å²) in [5, 5.41) is 4.06. The van der Waals surface area contributed by atoms with Gasteiger partial charge in [0.15, 0.2) is 0 Å². The van der Waals surface area contributed by atoms with Crippen LogP contribution in [0.5, 0.6) is 0 Å². The van der Waals surface area contributed by atoms with Crippen molar-refractivity contribution in [1.82, 2.24) is 0 Å². The molecule has 0 unspecified atom stereocenters. The van der Waals surface area contributed by atoms with Gasteiger partial charge in [0, 0.05) is 0 Å². The maximum Gasteiger partial charge on any atom is 0.495 e. The van der Waals surface area contributed by atoms with Crippen molar-refractivity contribution in [3.63, 3.8) is 0 Å². The second kappa shape index (κ2) is 9.63. The van der Waals surface area contributed by atoms with Gasteiger partial charge in [0.05, 0.1) is 11.2 Å². The number of hydrogen-bond acceptors (Lipinski definition) is 2. The molecule has 0 amide bonds. The summed E-state index contributed by atoms with van der Waals surface area (Å²) in [7, 11) is -1.18. The van der Waals surface area contributed by atoms with Crippen molar-refractivity contribution in [2.75, 3.05) is 0 Å². The van der Waals surface area contributed by atoms with E-state index >= 15 is 0 Å². The molecule has 0 N–H and O–H groups in total. The maximum absolute atomic E-state index is 6.50. The third-order valence-corrected chi connectivity index (χ3v) is 9.88. The van der Waals surface area contributed by atoms with E-state index in [1.165, 1.54) is 38.2 Å². The summed E-state index contributed by atoms with van der Waals surface area (Å²) < 4.78 is 13.0. The molecule has 1 fully saturated rings. The zero-order chi connectivity index (χ0) is 25.5. The maximum atomic E-state index is 6.50. The highest BCUT2D eigenvalue weighted by Crippen LogP contribution is 2.39. The average molecular weight is 492 g/mol. The van der Waals surface area contributed by atoms with Gasteiger partial charge in [0.1, 0.15) is 0 Å². The summed E-state index contributed by atoms with van der Waals surface area (Å²) in [4.78, 5) is 0. The summed E-state index contributed by atoms with van der Waals surface area (Å²) >= 11 is 0. The molecule has 0 radical (unpaired) electrons. The van der Waals surface area contributed by atoms with Crippen LogP contribution in [0.1, 0.15) is 38.8 Å². The van der Waals surface area contributed by atoms with Crippen molar-refractivity contribution >= 4 is 36.4 Å². The molecular formula is C32H34BO2P. The Balaban J connectivity index is 1.69. The topological polar surface area (TPSA) is 18.5 Å². The van der Waals surface area contributed by atoms with Gasteiger partial charge in [0.2, 0.25) is 0 Å². The highest BCUT2D eigenvalue weighted by Gasteiger charge is 2.52. The van der Waals surface area contributed by atoms with Crippen LogP contribution in [0.15, 0.2) is 97.1 Å². The van der Waals surface area contributed by atoms with Gasteiger partial charge in [-0.25, -0.2) is 0 Å². The van der Waals surface area contributed by atoms with E-state index in [9.17, 15) is 0 Å². The Hall–Kier alpha value is -2.71. The van der Waals surface area contributed by atoms with Crippen LogP contribution < -0.4 is 21.4 Å².